The van der Waals surface area contributed by atoms with Gasteiger partial charge < -0.3 is 9.88 Å². The molecule has 0 spiro atoms. The molecular weight excluding hydrogens is 294 g/mol. The molecule has 4 rings (SSSR count). The number of rotatable bonds is 5. The summed E-state index contributed by atoms with van der Waals surface area (Å²) >= 11 is 1.57. The van der Waals surface area contributed by atoms with Crippen LogP contribution in [-0.4, -0.2) is 22.0 Å². The predicted molar refractivity (Wildman–Crippen MR) is 87.0 cm³/mol. The summed E-state index contributed by atoms with van der Waals surface area (Å²) in [5, 5.41) is 5.96. The average Bonchev–Trinajstić information content (AvgIpc) is 3.27. The minimum Gasteiger partial charge on any atom is -0.355 e. The summed E-state index contributed by atoms with van der Waals surface area (Å²) in [4.78, 5) is 16.6. The third-order valence-corrected chi connectivity index (χ3v) is 5.59. The molecule has 114 valence electrons. The highest BCUT2D eigenvalue weighted by Crippen LogP contribution is 2.42. The van der Waals surface area contributed by atoms with Crippen LogP contribution < -0.4 is 5.32 Å². The SMILES string of the molecule is O=C(Cc1csc(-n2cccc2)n1)NC[C@H]1C[C@@H]2C=C[C@H]1C2. The highest BCUT2D eigenvalue weighted by molar-refractivity contribution is 7.12. The molecule has 4 nitrogen and oxygen atoms in total. The summed E-state index contributed by atoms with van der Waals surface area (Å²) in [6, 6.07) is 3.94. The molecule has 0 unspecified atom stereocenters. The first-order valence-electron chi connectivity index (χ1n) is 7.81. The maximum atomic E-state index is 12.1. The van der Waals surface area contributed by atoms with Gasteiger partial charge >= 0.3 is 0 Å². The number of carbonyl (C=O) groups is 1. The lowest BCUT2D eigenvalue weighted by atomic mass is 9.93. The lowest BCUT2D eigenvalue weighted by Crippen LogP contribution is -2.32. The second kappa shape index (κ2) is 5.72. The van der Waals surface area contributed by atoms with Gasteiger partial charge in [-0.1, -0.05) is 12.2 Å². The summed E-state index contributed by atoms with van der Waals surface area (Å²) in [7, 11) is 0. The van der Waals surface area contributed by atoms with Gasteiger partial charge in [0.25, 0.3) is 0 Å². The molecule has 1 amide bonds. The Morgan fingerprint density at radius 2 is 2.18 bits per heavy atom. The van der Waals surface area contributed by atoms with Crippen molar-refractivity contribution < 1.29 is 4.79 Å². The highest BCUT2D eigenvalue weighted by Gasteiger charge is 2.35. The number of amides is 1. The van der Waals surface area contributed by atoms with Gasteiger partial charge in [-0.15, -0.1) is 11.3 Å². The zero-order valence-corrected chi connectivity index (χ0v) is 13.1. The van der Waals surface area contributed by atoms with E-state index < -0.39 is 0 Å². The molecule has 2 bridgehead atoms. The fourth-order valence-electron chi connectivity index (χ4n) is 3.56. The van der Waals surface area contributed by atoms with Gasteiger partial charge in [-0.2, -0.15) is 0 Å². The number of hydrogen-bond acceptors (Lipinski definition) is 3. The first-order chi connectivity index (χ1) is 10.8. The van der Waals surface area contributed by atoms with Gasteiger partial charge in [-0.05, 0) is 42.7 Å². The summed E-state index contributed by atoms with van der Waals surface area (Å²) in [5.41, 5.74) is 0.846. The largest absolute Gasteiger partial charge is 0.355 e. The summed E-state index contributed by atoms with van der Waals surface area (Å²) in [6.45, 7) is 0.804. The Hall–Kier alpha value is -1.88. The van der Waals surface area contributed by atoms with Crippen LogP contribution in [0.2, 0.25) is 0 Å². The zero-order valence-electron chi connectivity index (χ0n) is 12.3. The van der Waals surface area contributed by atoms with E-state index in [1.165, 1.54) is 12.8 Å². The molecule has 1 N–H and O–H groups in total. The number of nitrogens with one attached hydrogen (secondary N) is 1. The number of fused-ring (bicyclic) bond motifs is 2. The molecule has 2 aromatic heterocycles. The Morgan fingerprint density at radius 3 is 2.91 bits per heavy atom. The van der Waals surface area contributed by atoms with Crippen molar-refractivity contribution in [2.75, 3.05) is 6.54 Å². The molecule has 2 aliphatic carbocycles. The second-order valence-electron chi connectivity index (χ2n) is 6.23. The summed E-state index contributed by atoms with van der Waals surface area (Å²) < 4.78 is 1.97. The van der Waals surface area contributed by atoms with Crippen molar-refractivity contribution in [1.29, 1.82) is 0 Å². The number of nitrogens with zero attached hydrogens (tertiary/aromatic N) is 2. The van der Waals surface area contributed by atoms with Crippen LogP contribution in [0.1, 0.15) is 18.5 Å². The fourth-order valence-corrected chi connectivity index (χ4v) is 4.35. The van der Waals surface area contributed by atoms with Crippen LogP contribution in [-0.2, 0) is 11.2 Å². The molecule has 2 aromatic rings. The Labute approximate surface area is 133 Å². The third kappa shape index (κ3) is 2.73. The van der Waals surface area contributed by atoms with Gasteiger partial charge in [0.15, 0.2) is 5.13 Å². The van der Waals surface area contributed by atoms with E-state index in [4.69, 9.17) is 0 Å². The normalized spacial score (nSPS) is 25.7. The Morgan fingerprint density at radius 1 is 1.32 bits per heavy atom. The van der Waals surface area contributed by atoms with Crippen molar-refractivity contribution >= 4 is 17.2 Å². The molecule has 0 aromatic carbocycles. The molecule has 2 heterocycles. The Kier molecular flexibility index (Phi) is 3.58. The fraction of sp³-hybridized carbons (Fsp3) is 0.412. The number of aromatic nitrogens is 2. The monoisotopic (exact) mass is 313 g/mol. The Balaban J connectivity index is 1.30. The van der Waals surface area contributed by atoms with E-state index >= 15 is 0 Å². The topological polar surface area (TPSA) is 46.9 Å². The van der Waals surface area contributed by atoms with E-state index in [9.17, 15) is 4.79 Å². The maximum Gasteiger partial charge on any atom is 0.226 e. The molecule has 5 heteroatoms. The number of hydrogen-bond donors (Lipinski definition) is 1. The number of carbonyl (C=O) groups excluding carboxylic acids is 1. The van der Waals surface area contributed by atoms with Crippen LogP contribution in [0.5, 0.6) is 0 Å². The van der Waals surface area contributed by atoms with Crippen LogP contribution in [0.25, 0.3) is 5.13 Å². The van der Waals surface area contributed by atoms with Crippen LogP contribution in [0.4, 0.5) is 0 Å². The van der Waals surface area contributed by atoms with Gasteiger partial charge in [0, 0.05) is 24.3 Å². The third-order valence-electron chi connectivity index (χ3n) is 4.68. The molecule has 1 saturated carbocycles. The lowest BCUT2D eigenvalue weighted by Gasteiger charge is -2.18. The van der Waals surface area contributed by atoms with Crippen LogP contribution >= 0.6 is 11.3 Å². The van der Waals surface area contributed by atoms with Crippen molar-refractivity contribution in [2.24, 2.45) is 17.8 Å². The van der Waals surface area contributed by atoms with Crippen molar-refractivity contribution in [3.63, 3.8) is 0 Å². The molecule has 0 saturated heterocycles. The van der Waals surface area contributed by atoms with E-state index in [1.807, 2.05) is 34.5 Å². The van der Waals surface area contributed by atoms with Gasteiger partial charge in [0.05, 0.1) is 12.1 Å². The highest BCUT2D eigenvalue weighted by atomic mass is 32.1. The zero-order chi connectivity index (χ0) is 14.9. The average molecular weight is 313 g/mol. The predicted octanol–water partition coefficient (Wildman–Crippen LogP) is 2.80. The molecule has 0 aliphatic heterocycles. The van der Waals surface area contributed by atoms with Crippen molar-refractivity contribution in [2.45, 2.75) is 19.3 Å². The Bertz CT molecular complexity index is 689. The van der Waals surface area contributed by atoms with Crippen molar-refractivity contribution in [3.05, 3.63) is 47.8 Å². The first-order valence-corrected chi connectivity index (χ1v) is 8.68. The number of allylic oxidation sites excluding steroid dienone is 2. The van der Waals surface area contributed by atoms with Gasteiger partial charge in [-0.3, -0.25) is 4.79 Å². The van der Waals surface area contributed by atoms with Gasteiger partial charge in [0.1, 0.15) is 0 Å². The smallest absolute Gasteiger partial charge is 0.226 e. The van der Waals surface area contributed by atoms with Crippen molar-refractivity contribution in [3.8, 4) is 5.13 Å². The van der Waals surface area contributed by atoms with Gasteiger partial charge in [0.2, 0.25) is 5.91 Å². The quantitative estimate of drug-likeness (QED) is 0.863. The standard InChI is InChI=1S/C17H19N3OS/c21-16(18-10-14-8-12-3-4-13(14)7-12)9-15-11-22-17(19-15)20-5-1-2-6-20/h1-6,11-14H,7-10H2,(H,18,21)/t12-,13+,14-/m1/s1. The van der Waals surface area contributed by atoms with E-state index in [0.717, 1.165) is 23.3 Å². The minimum atomic E-state index is 0.0797. The summed E-state index contributed by atoms with van der Waals surface area (Å²) in [6.07, 6.45) is 11.5. The maximum absolute atomic E-state index is 12.1. The molecular formula is C17H19N3OS. The van der Waals surface area contributed by atoms with E-state index in [0.29, 0.717) is 18.3 Å². The van der Waals surface area contributed by atoms with E-state index in [1.54, 1.807) is 11.3 Å². The van der Waals surface area contributed by atoms with Crippen LogP contribution in [0.3, 0.4) is 0 Å². The molecule has 22 heavy (non-hydrogen) atoms. The van der Waals surface area contributed by atoms with Crippen LogP contribution in [0.15, 0.2) is 42.1 Å². The first kappa shape index (κ1) is 13.8. The van der Waals surface area contributed by atoms with E-state index in [2.05, 4.69) is 22.5 Å². The molecule has 0 radical (unpaired) electrons. The van der Waals surface area contributed by atoms with Crippen molar-refractivity contribution in [1.82, 2.24) is 14.9 Å². The minimum absolute atomic E-state index is 0.0797. The summed E-state index contributed by atoms with van der Waals surface area (Å²) in [5.74, 6) is 2.15. The van der Waals surface area contributed by atoms with Gasteiger partial charge in [-0.25, -0.2) is 4.98 Å². The molecule has 2 aliphatic rings. The number of thiazole rings is 1. The lowest BCUT2D eigenvalue weighted by molar-refractivity contribution is -0.120. The second-order valence-corrected chi connectivity index (χ2v) is 7.07. The van der Waals surface area contributed by atoms with E-state index in [-0.39, 0.29) is 5.91 Å². The molecule has 1 fully saturated rings. The molecule has 3 atom stereocenters. The van der Waals surface area contributed by atoms with Crippen LogP contribution in [0, 0.1) is 17.8 Å².